The number of hydrogen-bond donors (Lipinski definition) is 2. The van der Waals surface area contributed by atoms with Gasteiger partial charge in [-0.25, -0.2) is 0 Å². The van der Waals surface area contributed by atoms with Gasteiger partial charge in [0.25, 0.3) is 11.6 Å². The third kappa shape index (κ3) is 4.34. The number of rotatable bonds is 3. The lowest BCUT2D eigenvalue weighted by atomic mass is 10.2. The first-order valence-electron chi connectivity index (χ1n) is 6.08. The Kier molecular flexibility index (Phi) is 5.18. The summed E-state index contributed by atoms with van der Waals surface area (Å²) in [6, 6.07) is 12.7. The van der Waals surface area contributed by atoms with Gasteiger partial charge in [-0.05, 0) is 36.5 Å². The van der Waals surface area contributed by atoms with Gasteiger partial charge >= 0.3 is 0 Å². The molecule has 0 heterocycles. The number of nitro benzene ring substituents is 1. The molecule has 22 heavy (non-hydrogen) atoms. The fraction of sp³-hybridized carbons (Fsp3) is 0. The van der Waals surface area contributed by atoms with E-state index in [0.717, 1.165) is 4.47 Å². The first-order chi connectivity index (χ1) is 10.5. The van der Waals surface area contributed by atoms with Crippen LogP contribution in [-0.2, 0) is 0 Å². The number of nitrogens with one attached hydrogen (secondary N) is 2. The molecule has 0 aliphatic carbocycles. The molecule has 8 heteroatoms. The van der Waals surface area contributed by atoms with Gasteiger partial charge in [-0.1, -0.05) is 28.1 Å². The van der Waals surface area contributed by atoms with E-state index in [0.29, 0.717) is 11.3 Å². The van der Waals surface area contributed by atoms with E-state index in [-0.39, 0.29) is 16.7 Å². The highest BCUT2D eigenvalue weighted by atomic mass is 79.9. The van der Waals surface area contributed by atoms with Crippen molar-refractivity contribution in [1.82, 2.24) is 5.32 Å². The number of halogens is 1. The standard InChI is InChI=1S/C14H10BrN3O3S/c15-10-4-1-3-9(7-10)13(19)17-14(22)16-11-5-2-6-12(8-11)18(20)21/h1-8H,(H2,16,17,19,22). The summed E-state index contributed by atoms with van der Waals surface area (Å²) in [4.78, 5) is 22.2. The number of nitrogens with zero attached hydrogens (tertiary/aromatic N) is 1. The zero-order valence-corrected chi connectivity index (χ0v) is 13.5. The minimum atomic E-state index is -0.506. The molecule has 0 spiro atoms. The molecule has 6 nitrogen and oxygen atoms in total. The molecule has 0 aliphatic heterocycles. The molecular formula is C14H10BrN3O3S. The summed E-state index contributed by atoms with van der Waals surface area (Å²) >= 11 is 8.31. The highest BCUT2D eigenvalue weighted by Gasteiger charge is 2.10. The fourth-order valence-electron chi connectivity index (χ4n) is 1.66. The van der Waals surface area contributed by atoms with Crippen molar-refractivity contribution in [1.29, 1.82) is 0 Å². The maximum atomic E-state index is 12.0. The summed E-state index contributed by atoms with van der Waals surface area (Å²) in [6.07, 6.45) is 0. The van der Waals surface area contributed by atoms with Crippen LogP contribution in [0, 0.1) is 10.1 Å². The molecule has 0 saturated carbocycles. The Hall–Kier alpha value is -2.32. The van der Waals surface area contributed by atoms with Crippen LogP contribution in [0.3, 0.4) is 0 Å². The third-order valence-electron chi connectivity index (χ3n) is 2.63. The SMILES string of the molecule is O=C(NC(=S)Nc1cccc([N+](=O)[O-])c1)c1cccc(Br)c1. The number of benzene rings is 2. The molecule has 112 valence electrons. The van der Waals surface area contributed by atoms with Crippen LogP contribution in [0.25, 0.3) is 0 Å². The van der Waals surface area contributed by atoms with Crippen LogP contribution in [-0.4, -0.2) is 15.9 Å². The van der Waals surface area contributed by atoms with Crippen molar-refractivity contribution >= 4 is 50.5 Å². The van der Waals surface area contributed by atoms with Gasteiger partial charge < -0.3 is 5.32 Å². The summed E-state index contributed by atoms with van der Waals surface area (Å²) < 4.78 is 0.776. The van der Waals surface area contributed by atoms with Crippen LogP contribution in [0.5, 0.6) is 0 Å². The second-order valence-corrected chi connectivity index (χ2v) is 5.55. The number of hydrogen-bond acceptors (Lipinski definition) is 4. The van der Waals surface area contributed by atoms with Gasteiger partial charge in [0, 0.05) is 27.9 Å². The molecule has 0 radical (unpaired) electrons. The van der Waals surface area contributed by atoms with E-state index in [4.69, 9.17) is 12.2 Å². The summed E-state index contributed by atoms with van der Waals surface area (Å²) in [7, 11) is 0. The topological polar surface area (TPSA) is 84.3 Å². The molecule has 2 aromatic carbocycles. The Bertz CT molecular complexity index is 752. The van der Waals surface area contributed by atoms with Crippen molar-refractivity contribution in [3.63, 3.8) is 0 Å². The van der Waals surface area contributed by atoms with Crippen molar-refractivity contribution in [2.45, 2.75) is 0 Å². The van der Waals surface area contributed by atoms with E-state index in [2.05, 4.69) is 26.6 Å². The number of non-ortho nitro benzene ring substituents is 1. The number of anilines is 1. The molecule has 0 atom stereocenters. The Morgan fingerprint density at radius 2 is 1.91 bits per heavy atom. The van der Waals surface area contributed by atoms with Gasteiger partial charge in [-0.15, -0.1) is 0 Å². The fourth-order valence-corrected chi connectivity index (χ4v) is 2.27. The Labute approximate surface area is 139 Å². The second kappa shape index (κ2) is 7.10. The van der Waals surface area contributed by atoms with Crippen molar-refractivity contribution in [3.8, 4) is 0 Å². The normalized spacial score (nSPS) is 9.86. The van der Waals surface area contributed by atoms with Crippen molar-refractivity contribution < 1.29 is 9.72 Å². The Morgan fingerprint density at radius 3 is 2.59 bits per heavy atom. The van der Waals surface area contributed by atoms with Gasteiger partial charge in [0.15, 0.2) is 5.11 Å². The molecule has 0 unspecified atom stereocenters. The average molecular weight is 380 g/mol. The molecule has 2 rings (SSSR count). The maximum Gasteiger partial charge on any atom is 0.271 e. The van der Waals surface area contributed by atoms with Crippen LogP contribution < -0.4 is 10.6 Å². The molecular weight excluding hydrogens is 370 g/mol. The number of nitro groups is 1. The molecule has 2 N–H and O–H groups in total. The highest BCUT2D eigenvalue weighted by molar-refractivity contribution is 9.10. The number of amides is 1. The molecule has 0 aliphatic rings. The monoisotopic (exact) mass is 379 g/mol. The highest BCUT2D eigenvalue weighted by Crippen LogP contribution is 2.17. The molecule has 0 bridgehead atoms. The lowest BCUT2D eigenvalue weighted by molar-refractivity contribution is -0.384. The average Bonchev–Trinajstić information content (AvgIpc) is 2.47. The second-order valence-electron chi connectivity index (χ2n) is 4.23. The van der Waals surface area contributed by atoms with Gasteiger partial charge in [-0.3, -0.25) is 20.2 Å². The molecule has 0 fully saturated rings. The van der Waals surface area contributed by atoms with Crippen LogP contribution in [0.15, 0.2) is 53.0 Å². The minimum Gasteiger partial charge on any atom is -0.332 e. The smallest absolute Gasteiger partial charge is 0.271 e. The van der Waals surface area contributed by atoms with Crippen LogP contribution >= 0.6 is 28.1 Å². The summed E-state index contributed by atoms with van der Waals surface area (Å²) in [5.74, 6) is -0.371. The summed E-state index contributed by atoms with van der Waals surface area (Å²) in [5.41, 5.74) is 0.803. The molecule has 2 aromatic rings. The molecule has 1 amide bonds. The van der Waals surface area contributed by atoms with E-state index < -0.39 is 4.92 Å². The Balaban J connectivity index is 2.02. The zero-order valence-electron chi connectivity index (χ0n) is 11.1. The van der Waals surface area contributed by atoms with Crippen molar-refractivity contribution in [2.75, 3.05) is 5.32 Å². The first-order valence-corrected chi connectivity index (χ1v) is 7.28. The van der Waals surface area contributed by atoms with Gasteiger partial charge in [0.05, 0.1) is 4.92 Å². The van der Waals surface area contributed by atoms with Crippen LogP contribution in [0.2, 0.25) is 0 Å². The predicted octanol–water partition coefficient (Wildman–Crippen LogP) is 3.48. The lowest BCUT2D eigenvalue weighted by Gasteiger charge is -2.09. The van der Waals surface area contributed by atoms with Crippen LogP contribution in [0.4, 0.5) is 11.4 Å². The molecule has 0 saturated heterocycles. The van der Waals surface area contributed by atoms with Gasteiger partial charge in [-0.2, -0.15) is 0 Å². The van der Waals surface area contributed by atoms with E-state index in [9.17, 15) is 14.9 Å². The quantitative estimate of drug-likeness (QED) is 0.484. The molecule has 0 aromatic heterocycles. The Morgan fingerprint density at radius 1 is 1.18 bits per heavy atom. The van der Waals surface area contributed by atoms with Crippen LogP contribution in [0.1, 0.15) is 10.4 Å². The van der Waals surface area contributed by atoms with E-state index in [1.807, 2.05) is 0 Å². The van der Waals surface area contributed by atoms with E-state index in [1.54, 1.807) is 30.3 Å². The minimum absolute atomic E-state index is 0.0606. The lowest BCUT2D eigenvalue weighted by Crippen LogP contribution is -2.34. The number of carbonyl (C=O) groups is 1. The maximum absolute atomic E-state index is 12.0. The number of thiocarbonyl (C=S) groups is 1. The van der Waals surface area contributed by atoms with E-state index in [1.165, 1.54) is 18.2 Å². The summed E-state index contributed by atoms with van der Waals surface area (Å²) in [6.45, 7) is 0. The first kappa shape index (κ1) is 16.1. The van der Waals surface area contributed by atoms with Gasteiger partial charge in [0.1, 0.15) is 0 Å². The summed E-state index contributed by atoms with van der Waals surface area (Å²) in [5, 5.41) is 16.0. The van der Waals surface area contributed by atoms with Crippen molar-refractivity contribution in [2.24, 2.45) is 0 Å². The third-order valence-corrected chi connectivity index (χ3v) is 3.33. The zero-order chi connectivity index (χ0) is 16.1. The van der Waals surface area contributed by atoms with Crippen molar-refractivity contribution in [3.05, 3.63) is 68.7 Å². The predicted molar refractivity (Wildman–Crippen MR) is 90.9 cm³/mol. The van der Waals surface area contributed by atoms with E-state index >= 15 is 0 Å². The number of carbonyl (C=O) groups excluding carboxylic acids is 1. The largest absolute Gasteiger partial charge is 0.332 e. The van der Waals surface area contributed by atoms with Gasteiger partial charge in [0.2, 0.25) is 0 Å².